The Bertz CT molecular complexity index is 895. The lowest BCUT2D eigenvalue weighted by molar-refractivity contribution is 0.177. The molecule has 0 bridgehead atoms. The van der Waals surface area contributed by atoms with Gasteiger partial charge < -0.3 is 19.5 Å². The summed E-state index contributed by atoms with van der Waals surface area (Å²) in [5.41, 5.74) is 2.41. The fourth-order valence-corrected chi connectivity index (χ4v) is 3.80. The van der Waals surface area contributed by atoms with Crippen LogP contribution in [-0.4, -0.2) is 34.7 Å². The molecular formula is C21H28N4O3. The maximum Gasteiger partial charge on any atom is 0.318 e. The highest BCUT2D eigenvalue weighted by atomic mass is 16.5. The highest BCUT2D eigenvalue weighted by Crippen LogP contribution is 2.53. The Balaban J connectivity index is 1.48. The molecule has 7 heteroatoms. The van der Waals surface area contributed by atoms with E-state index in [1.165, 1.54) is 11.1 Å². The molecule has 1 aromatic carbocycles. The van der Waals surface area contributed by atoms with Gasteiger partial charge in [-0.3, -0.25) is 0 Å². The van der Waals surface area contributed by atoms with Crippen LogP contribution in [0.2, 0.25) is 0 Å². The molecule has 2 heterocycles. The monoisotopic (exact) mass is 384 g/mol. The highest BCUT2D eigenvalue weighted by Gasteiger charge is 2.50. The van der Waals surface area contributed by atoms with Gasteiger partial charge in [0.2, 0.25) is 5.89 Å². The van der Waals surface area contributed by atoms with Gasteiger partial charge in [-0.05, 0) is 43.0 Å². The van der Waals surface area contributed by atoms with Crippen molar-refractivity contribution < 1.29 is 14.1 Å². The Kier molecular flexibility index (Phi) is 4.36. The fourth-order valence-electron chi connectivity index (χ4n) is 3.80. The lowest BCUT2D eigenvalue weighted by Crippen LogP contribution is -2.47. The summed E-state index contributed by atoms with van der Waals surface area (Å²) >= 11 is 0. The molecule has 2 aliphatic rings. The number of ether oxygens (including phenoxy) is 1. The normalized spacial score (nSPS) is 18.5. The first-order chi connectivity index (χ1) is 13.2. The predicted octanol–water partition coefficient (Wildman–Crippen LogP) is 3.69. The summed E-state index contributed by atoms with van der Waals surface area (Å²) in [7, 11) is 1.69. The van der Waals surface area contributed by atoms with Crippen LogP contribution in [0.3, 0.4) is 0 Å². The first-order valence-corrected chi connectivity index (χ1v) is 9.79. The van der Waals surface area contributed by atoms with Crippen molar-refractivity contribution in [3.05, 3.63) is 41.0 Å². The quantitative estimate of drug-likeness (QED) is 0.873. The molecule has 1 spiro atoms. The van der Waals surface area contributed by atoms with Crippen molar-refractivity contribution >= 4 is 6.03 Å². The number of methoxy groups -OCH3 is 1. The number of nitrogens with one attached hydrogen (secondary N) is 1. The average Bonchev–Trinajstić information content (AvgIpc) is 3.21. The Hall–Kier alpha value is -2.57. The predicted molar refractivity (Wildman–Crippen MR) is 104 cm³/mol. The molecule has 28 heavy (non-hydrogen) atoms. The van der Waals surface area contributed by atoms with Crippen LogP contribution in [0.25, 0.3) is 0 Å². The first kappa shape index (κ1) is 18.8. The summed E-state index contributed by atoms with van der Waals surface area (Å²) in [6.45, 7) is 9.27. The van der Waals surface area contributed by atoms with E-state index in [1.807, 2.05) is 38.7 Å². The van der Waals surface area contributed by atoms with Gasteiger partial charge in [-0.2, -0.15) is 4.98 Å². The molecule has 0 saturated heterocycles. The van der Waals surface area contributed by atoms with Gasteiger partial charge in [0, 0.05) is 23.9 Å². The van der Waals surface area contributed by atoms with E-state index in [2.05, 4.69) is 27.6 Å². The van der Waals surface area contributed by atoms with Crippen LogP contribution >= 0.6 is 0 Å². The van der Waals surface area contributed by atoms with Crippen molar-refractivity contribution in [3.63, 3.8) is 0 Å². The molecule has 1 atom stereocenters. The zero-order valence-electron chi connectivity index (χ0n) is 17.2. The number of amides is 2. The fraction of sp³-hybridized carbons (Fsp3) is 0.571. The third-order valence-electron chi connectivity index (χ3n) is 5.71. The van der Waals surface area contributed by atoms with Gasteiger partial charge in [-0.15, -0.1) is 0 Å². The van der Waals surface area contributed by atoms with Crippen molar-refractivity contribution in [2.45, 2.75) is 64.0 Å². The molecule has 1 aromatic heterocycles. The molecule has 1 aliphatic heterocycles. The Morgan fingerprint density at radius 2 is 2.11 bits per heavy atom. The smallest absolute Gasteiger partial charge is 0.318 e. The van der Waals surface area contributed by atoms with Gasteiger partial charge in [0.05, 0.1) is 7.11 Å². The minimum Gasteiger partial charge on any atom is -0.497 e. The topological polar surface area (TPSA) is 80.5 Å². The van der Waals surface area contributed by atoms with E-state index in [4.69, 9.17) is 9.26 Å². The number of nitrogens with zero attached hydrogens (tertiary/aromatic N) is 3. The Morgan fingerprint density at radius 3 is 2.71 bits per heavy atom. The van der Waals surface area contributed by atoms with Crippen molar-refractivity contribution in [1.29, 1.82) is 0 Å². The third kappa shape index (κ3) is 3.34. The summed E-state index contributed by atoms with van der Waals surface area (Å²) < 4.78 is 10.8. The van der Waals surface area contributed by atoms with E-state index in [-0.39, 0.29) is 22.9 Å². The minimum absolute atomic E-state index is 0.0760. The number of hydrogen-bond acceptors (Lipinski definition) is 5. The zero-order chi connectivity index (χ0) is 20.1. The molecule has 1 aliphatic carbocycles. The summed E-state index contributed by atoms with van der Waals surface area (Å²) in [6, 6.07) is 5.72. The van der Waals surface area contributed by atoms with Gasteiger partial charge >= 0.3 is 6.03 Å². The van der Waals surface area contributed by atoms with Gasteiger partial charge in [-0.25, -0.2) is 4.79 Å². The van der Waals surface area contributed by atoms with Crippen molar-refractivity contribution in [2.24, 2.45) is 0 Å². The third-order valence-corrected chi connectivity index (χ3v) is 5.71. The molecular weight excluding hydrogens is 356 g/mol. The van der Waals surface area contributed by atoms with Gasteiger partial charge in [0.1, 0.15) is 11.8 Å². The van der Waals surface area contributed by atoms with Gasteiger partial charge in [0.15, 0.2) is 5.82 Å². The van der Waals surface area contributed by atoms with E-state index in [0.717, 1.165) is 25.1 Å². The van der Waals surface area contributed by atoms with Crippen LogP contribution in [0.5, 0.6) is 5.75 Å². The van der Waals surface area contributed by atoms with E-state index < -0.39 is 0 Å². The minimum atomic E-state index is -0.344. The number of aromatic nitrogens is 2. The number of rotatable bonds is 3. The second-order valence-corrected chi connectivity index (χ2v) is 9.04. The maximum atomic E-state index is 12.9. The SMILES string of the molecule is COc1ccc2c(c1)C1(CC1)CN(C(=O)NC(C)c1nc(C(C)(C)C)no1)C2. The Labute approximate surface area is 165 Å². The molecule has 7 nitrogen and oxygen atoms in total. The van der Waals surface area contributed by atoms with Crippen LogP contribution in [0.4, 0.5) is 4.79 Å². The second kappa shape index (κ2) is 6.50. The molecule has 1 unspecified atom stereocenters. The largest absolute Gasteiger partial charge is 0.497 e. The second-order valence-electron chi connectivity index (χ2n) is 9.04. The lowest BCUT2D eigenvalue weighted by atomic mass is 9.87. The number of fused-ring (bicyclic) bond motifs is 2. The highest BCUT2D eigenvalue weighted by molar-refractivity contribution is 5.75. The maximum absolute atomic E-state index is 12.9. The molecule has 2 amide bonds. The molecule has 150 valence electrons. The Morgan fingerprint density at radius 1 is 1.36 bits per heavy atom. The summed E-state index contributed by atoms with van der Waals surface area (Å²) in [5.74, 6) is 1.95. The van der Waals surface area contributed by atoms with Crippen LogP contribution in [0.15, 0.2) is 22.7 Å². The molecule has 0 radical (unpaired) electrons. The van der Waals surface area contributed by atoms with Crippen molar-refractivity contribution in [3.8, 4) is 5.75 Å². The van der Waals surface area contributed by atoms with E-state index in [1.54, 1.807) is 7.11 Å². The summed E-state index contributed by atoms with van der Waals surface area (Å²) in [4.78, 5) is 19.3. The molecule has 4 rings (SSSR count). The number of hydrogen-bond donors (Lipinski definition) is 1. The standard InChI is InChI=1S/C21H28N4O3/c1-13(17-23-18(24-28-17)20(2,3)4)22-19(26)25-11-14-6-7-15(27-5)10-16(14)21(12-25)8-9-21/h6-7,10,13H,8-9,11-12H2,1-5H3,(H,22,26). The van der Waals surface area contributed by atoms with Crippen LogP contribution in [0, 0.1) is 0 Å². The van der Waals surface area contributed by atoms with E-state index >= 15 is 0 Å². The van der Waals surface area contributed by atoms with Gasteiger partial charge in [-0.1, -0.05) is 32.0 Å². The van der Waals surface area contributed by atoms with E-state index in [9.17, 15) is 4.79 Å². The number of carbonyl (C=O) groups excluding carboxylic acids is 1. The van der Waals surface area contributed by atoms with Crippen LogP contribution in [0.1, 0.15) is 69.4 Å². The van der Waals surface area contributed by atoms with E-state index in [0.29, 0.717) is 18.3 Å². The number of urea groups is 1. The number of carbonyl (C=O) groups is 1. The molecule has 1 fully saturated rings. The lowest BCUT2D eigenvalue weighted by Gasteiger charge is -2.35. The van der Waals surface area contributed by atoms with Crippen LogP contribution < -0.4 is 10.1 Å². The van der Waals surface area contributed by atoms with Gasteiger partial charge in [0.25, 0.3) is 0 Å². The summed E-state index contributed by atoms with van der Waals surface area (Å²) in [5, 5.41) is 7.06. The number of benzene rings is 1. The molecule has 2 aromatic rings. The first-order valence-electron chi connectivity index (χ1n) is 9.79. The van der Waals surface area contributed by atoms with Crippen LogP contribution in [-0.2, 0) is 17.4 Å². The molecule has 1 N–H and O–H groups in total. The molecule has 1 saturated carbocycles. The summed E-state index contributed by atoms with van der Waals surface area (Å²) in [6.07, 6.45) is 2.20. The van der Waals surface area contributed by atoms with Crippen molar-refractivity contribution in [2.75, 3.05) is 13.7 Å². The average molecular weight is 384 g/mol. The van der Waals surface area contributed by atoms with Crippen molar-refractivity contribution in [1.82, 2.24) is 20.4 Å². The zero-order valence-corrected chi connectivity index (χ0v) is 17.2.